The van der Waals surface area contributed by atoms with Crippen molar-refractivity contribution in [2.45, 2.75) is 38.8 Å². The first kappa shape index (κ1) is 23.2. The second kappa shape index (κ2) is 9.97. The quantitative estimate of drug-likeness (QED) is 0.544. The predicted octanol–water partition coefficient (Wildman–Crippen LogP) is 2.45. The summed E-state index contributed by atoms with van der Waals surface area (Å²) in [6, 6.07) is 12.9. The number of carbonyl (C=O) groups is 2. The van der Waals surface area contributed by atoms with E-state index in [1.807, 2.05) is 41.3 Å². The number of fused-ring (bicyclic) bond motifs is 2. The number of hydrogen-bond acceptors (Lipinski definition) is 6. The van der Waals surface area contributed by atoms with Gasteiger partial charge in [-0.1, -0.05) is 12.1 Å². The summed E-state index contributed by atoms with van der Waals surface area (Å²) in [6.07, 6.45) is 2.76. The van der Waals surface area contributed by atoms with Gasteiger partial charge in [0.15, 0.2) is 0 Å². The summed E-state index contributed by atoms with van der Waals surface area (Å²) >= 11 is 0. The van der Waals surface area contributed by atoms with Crippen LogP contribution in [0.3, 0.4) is 0 Å². The van der Waals surface area contributed by atoms with Crippen LogP contribution >= 0.6 is 0 Å². The third-order valence-electron chi connectivity index (χ3n) is 6.53. The molecule has 2 aliphatic heterocycles. The Labute approximate surface area is 203 Å². The maximum atomic E-state index is 13.0. The van der Waals surface area contributed by atoms with Crippen molar-refractivity contribution in [1.29, 1.82) is 0 Å². The van der Waals surface area contributed by atoms with Gasteiger partial charge in [-0.15, -0.1) is 0 Å². The van der Waals surface area contributed by atoms with Crippen LogP contribution in [0.25, 0.3) is 10.9 Å². The Morgan fingerprint density at radius 1 is 1.26 bits per heavy atom. The van der Waals surface area contributed by atoms with E-state index in [9.17, 15) is 14.4 Å². The third-order valence-corrected chi connectivity index (χ3v) is 6.53. The van der Waals surface area contributed by atoms with Crippen molar-refractivity contribution in [3.8, 4) is 0 Å². The lowest BCUT2D eigenvalue weighted by atomic mass is 10.1. The molecule has 1 fully saturated rings. The SMILES string of the molecule is CC(=O)N1CCc2cc(NC(=O)CN(Cc3nc4ccccc4c(=O)[nH]3)CC3CCCO3)ccc21. The van der Waals surface area contributed by atoms with Crippen LogP contribution in [-0.4, -0.2) is 59.0 Å². The van der Waals surface area contributed by atoms with E-state index in [1.165, 1.54) is 0 Å². The van der Waals surface area contributed by atoms with Gasteiger partial charge >= 0.3 is 0 Å². The van der Waals surface area contributed by atoms with Gasteiger partial charge in [-0.3, -0.25) is 19.3 Å². The number of ether oxygens (including phenoxy) is 1. The van der Waals surface area contributed by atoms with Crippen molar-refractivity contribution >= 4 is 34.1 Å². The number of aromatic amines is 1. The molecule has 35 heavy (non-hydrogen) atoms. The van der Waals surface area contributed by atoms with Crippen LogP contribution in [-0.2, 0) is 27.3 Å². The average Bonchev–Trinajstić information content (AvgIpc) is 3.48. The maximum absolute atomic E-state index is 13.0. The Morgan fingerprint density at radius 2 is 2.11 bits per heavy atom. The van der Waals surface area contributed by atoms with Crippen molar-refractivity contribution in [1.82, 2.24) is 14.9 Å². The molecule has 2 aromatic carbocycles. The van der Waals surface area contributed by atoms with E-state index in [-0.39, 0.29) is 30.0 Å². The number of H-pyrrole nitrogens is 1. The summed E-state index contributed by atoms with van der Waals surface area (Å²) in [7, 11) is 0. The normalized spacial score (nSPS) is 17.2. The van der Waals surface area contributed by atoms with Crippen molar-refractivity contribution < 1.29 is 14.3 Å². The molecule has 1 saturated heterocycles. The van der Waals surface area contributed by atoms with Crippen molar-refractivity contribution in [3.63, 3.8) is 0 Å². The first-order valence-electron chi connectivity index (χ1n) is 12.0. The summed E-state index contributed by atoms with van der Waals surface area (Å²) in [6.45, 7) is 3.97. The molecule has 2 N–H and O–H groups in total. The molecular formula is C26H29N5O4. The zero-order chi connectivity index (χ0) is 24.4. The molecule has 9 heteroatoms. The number of nitrogens with one attached hydrogen (secondary N) is 2. The molecule has 1 aromatic heterocycles. The van der Waals surface area contributed by atoms with Crippen molar-refractivity contribution in [2.75, 3.05) is 36.5 Å². The van der Waals surface area contributed by atoms with Gasteiger partial charge in [0.25, 0.3) is 5.56 Å². The summed E-state index contributed by atoms with van der Waals surface area (Å²) < 4.78 is 5.80. The second-order valence-corrected chi connectivity index (χ2v) is 9.15. The topological polar surface area (TPSA) is 108 Å². The largest absolute Gasteiger partial charge is 0.377 e. The average molecular weight is 476 g/mol. The summed E-state index contributed by atoms with van der Waals surface area (Å²) in [4.78, 5) is 48.5. The Bertz CT molecular complexity index is 1310. The van der Waals surface area contributed by atoms with Crippen LogP contribution in [0.4, 0.5) is 11.4 Å². The number of anilines is 2. The molecule has 0 radical (unpaired) electrons. The van der Waals surface area contributed by atoms with E-state index in [4.69, 9.17) is 4.74 Å². The number of benzene rings is 2. The van der Waals surface area contributed by atoms with E-state index in [0.29, 0.717) is 42.0 Å². The molecule has 2 amide bonds. The zero-order valence-electron chi connectivity index (χ0n) is 19.8. The third kappa shape index (κ3) is 5.26. The number of aromatic nitrogens is 2. The summed E-state index contributed by atoms with van der Waals surface area (Å²) in [5, 5.41) is 3.52. The lowest BCUT2D eigenvalue weighted by Gasteiger charge is -2.24. The number of nitrogens with zero attached hydrogens (tertiary/aromatic N) is 3. The summed E-state index contributed by atoms with van der Waals surface area (Å²) in [5.74, 6) is 0.375. The number of amides is 2. The van der Waals surface area contributed by atoms with Gasteiger partial charge in [0.1, 0.15) is 5.82 Å². The van der Waals surface area contributed by atoms with Gasteiger partial charge in [0.05, 0.1) is 30.1 Å². The molecule has 1 atom stereocenters. The van der Waals surface area contributed by atoms with Crippen LogP contribution in [0.1, 0.15) is 31.2 Å². The second-order valence-electron chi connectivity index (χ2n) is 9.15. The van der Waals surface area contributed by atoms with E-state index in [1.54, 1.807) is 17.9 Å². The van der Waals surface area contributed by atoms with Crippen LogP contribution in [0.15, 0.2) is 47.3 Å². The van der Waals surface area contributed by atoms with E-state index in [2.05, 4.69) is 15.3 Å². The molecule has 3 aromatic rings. The highest BCUT2D eigenvalue weighted by Gasteiger charge is 2.24. The molecule has 0 saturated carbocycles. The Kier molecular flexibility index (Phi) is 6.61. The van der Waals surface area contributed by atoms with E-state index >= 15 is 0 Å². The lowest BCUT2D eigenvalue weighted by Crippen LogP contribution is -2.38. The Morgan fingerprint density at radius 3 is 2.91 bits per heavy atom. The van der Waals surface area contributed by atoms with Crippen LogP contribution in [0.5, 0.6) is 0 Å². The highest BCUT2D eigenvalue weighted by atomic mass is 16.5. The molecule has 0 aliphatic carbocycles. The first-order valence-corrected chi connectivity index (χ1v) is 12.0. The molecule has 1 unspecified atom stereocenters. The van der Waals surface area contributed by atoms with Gasteiger partial charge in [0, 0.05) is 38.0 Å². The number of para-hydroxylation sites is 1. The van der Waals surface area contributed by atoms with Crippen molar-refractivity contribution in [3.05, 3.63) is 64.2 Å². The van der Waals surface area contributed by atoms with Crippen molar-refractivity contribution in [2.24, 2.45) is 0 Å². The van der Waals surface area contributed by atoms with Gasteiger partial charge < -0.3 is 19.9 Å². The van der Waals surface area contributed by atoms with Crippen LogP contribution in [0.2, 0.25) is 0 Å². The fraction of sp³-hybridized carbons (Fsp3) is 0.385. The summed E-state index contributed by atoms with van der Waals surface area (Å²) in [5.41, 5.74) is 3.10. The number of rotatable bonds is 7. The van der Waals surface area contributed by atoms with Gasteiger partial charge in [0.2, 0.25) is 11.8 Å². The predicted molar refractivity (Wildman–Crippen MR) is 133 cm³/mol. The van der Waals surface area contributed by atoms with E-state index in [0.717, 1.165) is 37.1 Å². The lowest BCUT2D eigenvalue weighted by molar-refractivity contribution is -0.118. The fourth-order valence-electron chi connectivity index (χ4n) is 4.89. The smallest absolute Gasteiger partial charge is 0.258 e. The van der Waals surface area contributed by atoms with Gasteiger partial charge in [-0.25, -0.2) is 4.98 Å². The molecule has 2 aliphatic rings. The van der Waals surface area contributed by atoms with Crippen LogP contribution in [0, 0.1) is 0 Å². The molecular weight excluding hydrogens is 446 g/mol. The minimum Gasteiger partial charge on any atom is -0.377 e. The minimum atomic E-state index is -0.190. The first-order chi connectivity index (χ1) is 17.0. The molecule has 182 valence electrons. The zero-order valence-corrected chi connectivity index (χ0v) is 19.8. The monoisotopic (exact) mass is 475 g/mol. The minimum absolute atomic E-state index is 0.0191. The standard InChI is InChI=1S/C26H29N5O4/c1-17(32)31-11-10-18-13-19(8-9-23(18)31)27-25(33)16-30(14-20-5-4-12-35-20)15-24-28-22-7-3-2-6-21(22)26(34)29-24/h2-3,6-9,13,20H,4-5,10-12,14-16H2,1H3,(H,27,33)(H,28,29,34). The highest BCUT2D eigenvalue weighted by molar-refractivity contribution is 5.96. The molecule has 0 bridgehead atoms. The highest BCUT2D eigenvalue weighted by Crippen LogP contribution is 2.30. The van der Waals surface area contributed by atoms with E-state index < -0.39 is 0 Å². The van der Waals surface area contributed by atoms with Gasteiger partial charge in [-0.2, -0.15) is 0 Å². The van der Waals surface area contributed by atoms with Gasteiger partial charge in [-0.05, 0) is 55.2 Å². The molecule has 5 rings (SSSR count). The Hall–Kier alpha value is -3.56. The molecule has 9 nitrogen and oxygen atoms in total. The number of hydrogen-bond donors (Lipinski definition) is 2. The molecule has 0 spiro atoms. The van der Waals surface area contributed by atoms with Crippen LogP contribution < -0.4 is 15.8 Å². The molecule has 3 heterocycles. The number of carbonyl (C=O) groups excluding carboxylic acids is 2. The Balaban J connectivity index is 1.30. The fourth-order valence-corrected chi connectivity index (χ4v) is 4.89. The maximum Gasteiger partial charge on any atom is 0.258 e.